The van der Waals surface area contributed by atoms with Crippen LogP contribution >= 0.6 is 22.9 Å². The lowest BCUT2D eigenvalue weighted by Gasteiger charge is -2.02. The molecule has 0 unspecified atom stereocenters. The number of H-pyrrole nitrogens is 1. The van der Waals surface area contributed by atoms with E-state index in [2.05, 4.69) is 16.0 Å². The van der Waals surface area contributed by atoms with E-state index in [1.807, 2.05) is 66.7 Å². The second kappa shape index (κ2) is 8.31. The van der Waals surface area contributed by atoms with E-state index in [1.54, 1.807) is 22.8 Å². The first-order valence-electron chi connectivity index (χ1n) is 9.78. The molecule has 0 aliphatic carbocycles. The highest BCUT2D eigenvalue weighted by molar-refractivity contribution is 7.07. The minimum atomic E-state index is -0.199. The number of fused-ring (bicyclic) bond motifs is 1. The number of halogens is 1. The fraction of sp³-hybridized carbons (Fsp3) is 0. The van der Waals surface area contributed by atoms with Crippen LogP contribution in [0.15, 0.2) is 83.7 Å². The SMILES string of the molecule is N#C/C(c1nc2ccccc2[nH]1)=c1/s/c(=C\c2ccc(Cl)cc2)c(=O)n1-c1ccccc1. The van der Waals surface area contributed by atoms with E-state index in [0.717, 1.165) is 16.6 Å². The molecule has 2 heterocycles. The number of nitrogens with one attached hydrogen (secondary N) is 1. The van der Waals surface area contributed by atoms with Crippen molar-refractivity contribution in [1.82, 2.24) is 14.5 Å². The van der Waals surface area contributed by atoms with Crippen molar-refractivity contribution < 1.29 is 0 Å². The maximum Gasteiger partial charge on any atom is 0.273 e. The van der Waals surface area contributed by atoms with Crippen molar-refractivity contribution >= 4 is 45.6 Å². The van der Waals surface area contributed by atoms with Gasteiger partial charge in [-0.3, -0.25) is 9.36 Å². The first-order valence-corrected chi connectivity index (χ1v) is 11.0. The summed E-state index contributed by atoms with van der Waals surface area (Å²) in [7, 11) is 0. The molecule has 0 aliphatic rings. The van der Waals surface area contributed by atoms with Crippen LogP contribution in [0.5, 0.6) is 0 Å². The molecule has 5 nitrogen and oxygen atoms in total. The Morgan fingerprint density at radius 3 is 2.47 bits per heavy atom. The normalized spacial score (nSPS) is 12.7. The molecule has 0 spiro atoms. The van der Waals surface area contributed by atoms with Crippen molar-refractivity contribution in [1.29, 1.82) is 5.26 Å². The molecular weight excluding hydrogens is 440 g/mol. The molecule has 2 aromatic heterocycles. The molecule has 0 aliphatic heterocycles. The maximum absolute atomic E-state index is 13.4. The maximum atomic E-state index is 13.4. The number of aromatic amines is 1. The molecule has 0 radical (unpaired) electrons. The number of hydrogen-bond acceptors (Lipinski definition) is 4. The molecule has 0 saturated heterocycles. The van der Waals surface area contributed by atoms with Crippen molar-refractivity contribution in [2.45, 2.75) is 0 Å². The summed E-state index contributed by atoms with van der Waals surface area (Å²) in [5.41, 5.74) is 3.23. The Morgan fingerprint density at radius 2 is 1.75 bits per heavy atom. The summed E-state index contributed by atoms with van der Waals surface area (Å²) in [6.45, 7) is 0. The minimum absolute atomic E-state index is 0.199. The average Bonchev–Trinajstić information content (AvgIpc) is 3.38. The smallest absolute Gasteiger partial charge is 0.273 e. The Bertz CT molecular complexity index is 1620. The Kier molecular flexibility index (Phi) is 5.20. The lowest BCUT2D eigenvalue weighted by molar-refractivity contribution is 0.984. The standard InChI is InChI=1S/C25H15ClN4OS/c26-17-12-10-16(11-13-17)14-22-24(31)30(18-6-2-1-3-7-18)25(32-22)19(15-27)23-28-20-8-4-5-9-21(20)29-23/h1-14H,(H,28,29)/b22-14-,25-19-. The van der Waals surface area contributed by atoms with E-state index in [9.17, 15) is 10.1 Å². The number of benzene rings is 3. The highest BCUT2D eigenvalue weighted by atomic mass is 35.5. The molecule has 5 rings (SSSR count). The zero-order valence-electron chi connectivity index (χ0n) is 16.6. The third-order valence-electron chi connectivity index (χ3n) is 4.96. The topological polar surface area (TPSA) is 74.5 Å². The minimum Gasteiger partial charge on any atom is -0.337 e. The molecule has 154 valence electrons. The van der Waals surface area contributed by atoms with Crippen LogP contribution in [0.25, 0.3) is 28.4 Å². The van der Waals surface area contributed by atoms with Crippen LogP contribution < -0.4 is 14.8 Å². The van der Waals surface area contributed by atoms with Crippen molar-refractivity contribution in [3.63, 3.8) is 0 Å². The zero-order chi connectivity index (χ0) is 22.1. The van der Waals surface area contributed by atoms with Gasteiger partial charge in [-0.05, 0) is 48.0 Å². The molecule has 3 aromatic carbocycles. The largest absolute Gasteiger partial charge is 0.337 e. The van der Waals surface area contributed by atoms with Crippen molar-refractivity contribution in [2.24, 2.45) is 0 Å². The molecule has 0 amide bonds. The molecule has 1 N–H and O–H groups in total. The van der Waals surface area contributed by atoms with E-state index in [4.69, 9.17) is 11.6 Å². The predicted molar refractivity (Wildman–Crippen MR) is 128 cm³/mol. The summed E-state index contributed by atoms with van der Waals surface area (Å²) < 4.78 is 2.59. The van der Waals surface area contributed by atoms with Gasteiger partial charge in [-0.1, -0.05) is 54.1 Å². The molecule has 0 bridgehead atoms. The molecule has 7 heteroatoms. The Balaban J connectivity index is 1.85. The molecule has 0 atom stereocenters. The van der Waals surface area contributed by atoms with Crippen LogP contribution in [-0.4, -0.2) is 14.5 Å². The third-order valence-corrected chi connectivity index (χ3v) is 6.30. The average molecular weight is 455 g/mol. The highest BCUT2D eigenvalue weighted by Crippen LogP contribution is 2.15. The van der Waals surface area contributed by atoms with Gasteiger partial charge < -0.3 is 4.98 Å². The Hall–Kier alpha value is -3.92. The van der Waals surface area contributed by atoms with E-state index in [-0.39, 0.29) is 5.56 Å². The van der Waals surface area contributed by atoms with Crippen molar-refractivity contribution in [3.05, 3.63) is 115 Å². The number of aromatic nitrogens is 3. The zero-order valence-corrected chi connectivity index (χ0v) is 18.2. The number of thiazole rings is 1. The van der Waals surface area contributed by atoms with Crippen molar-refractivity contribution in [3.8, 4) is 11.8 Å². The van der Waals surface area contributed by atoms with Gasteiger partial charge in [-0.15, -0.1) is 11.3 Å². The van der Waals surface area contributed by atoms with Crippen LogP contribution in [0.4, 0.5) is 0 Å². The Labute approximate surface area is 191 Å². The second-order valence-corrected chi connectivity index (χ2v) is 8.50. The first-order chi connectivity index (χ1) is 15.6. The van der Waals surface area contributed by atoms with Gasteiger partial charge in [-0.2, -0.15) is 5.26 Å². The van der Waals surface area contributed by atoms with Crippen LogP contribution in [-0.2, 0) is 0 Å². The number of rotatable bonds is 3. The van der Waals surface area contributed by atoms with Gasteiger partial charge in [0.05, 0.1) is 21.3 Å². The number of hydrogen-bond donors (Lipinski definition) is 1. The summed E-state index contributed by atoms with van der Waals surface area (Å²) in [5, 5.41) is 10.7. The summed E-state index contributed by atoms with van der Waals surface area (Å²) in [5.74, 6) is 0.428. The summed E-state index contributed by atoms with van der Waals surface area (Å²) in [6.07, 6.45) is 1.81. The van der Waals surface area contributed by atoms with Gasteiger partial charge in [0.1, 0.15) is 16.3 Å². The van der Waals surface area contributed by atoms with E-state index in [0.29, 0.717) is 31.3 Å². The summed E-state index contributed by atoms with van der Waals surface area (Å²) in [6, 6.07) is 26.4. The molecular formula is C25H15ClN4OS. The van der Waals surface area contributed by atoms with Crippen molar-refractivity contribution in [2.75, 3.05) is 0 Å². The quantitative estimate of drug-likeness (QED) is 0.448. The van der Waals surface area contributed by atoms with E-state index < -0.39 is 0 Å². The number of imidazole rings is 1. The fourth-order valence-electron chi connectivity index (χ4n) is 3.45. The molecule has 5 aromatic rings. The monoisotopic (exact) mass is 454 g/mol. The molecule has 32 heavy (non-hydrogen) atoms. The van der Waals surface area contributed by atoms with Gasteiger partial charge in [-0.25, -0.2) is 4.98 Å². The van der Waals surface area contributed by atoms with Gasteiger partial charge in [0.25, 0.3) is 5.56 Å². The summed E-state index contributed by atoms with van der Waals surface area (Å²) in [4.78, 5) is 21.2. The van der Waals surface area contributed by atoms with E-state index in [1.165, 1.54) is 11.3 Å². The number of nitrogens with zero attached hydrogens (tertiary/aromatic N) is 3. The van der Waals surface area contributed by atoms with Gasteiger partial charge in [0, 0.05) is 5.02 Å². The lowest BCUT2D eigenvalue weighted by atomic mass is 10.2. The third kappa shape index (κ3) is 3.65. The van der Waals surface area contributed by atoms with Crippen LogP contribution in [0.1, 0.15) is 11.4 Å². The molecule has 0 saturated carbocycles. The predicted octanol–water partition coefficient (Wildman–Crippen LogP) is 3.98. The highest BCUT2D eigenvalue weighted by Gasteiger charge is 2.15. The van der Waals surface area contributed by atoms with Gasteiger partial charge >= 0.3 is 0 Å². The number of nitriles is 1. The van der Waals surface area contributed by atoms with E-state index >= 15 is 0 Å². The van der Waals surface area contributed by atoms with Gasteiger partial charge in [0.2, 0.25) is 0 Å². The summed E-state index contributed by atoms with van der Waals surface area (Å²) >= 11 is 7.25. The number of para-hydroxylation sites is 3. The fourth-order valence-corrected chi connectivity index (χ4v) is 4.68. The lowest BCUT2D eigenvalue weighted by Crippen LogP contribution is -2.30. The Morgan fingerprint density at radius 1 is 1.03 bits per heavy atom. The van der Waals surface area contributed by atoms with Crippen LogP contribution in [0.3, 0.4) is 0 Å². The van der Waals surface area contributed by atoms with Crippen LogP contribution in [0.2, 0.25) is 5.02 Å². The molecule has 0 fully saturated rings. The first kappa shape index (κ1) is 20.0. The van der Waals surface area contributed by atoms with Gasteiger partial charge in [0.15, 0.2) is 5.82 Å². The second-order valence-electron chi connectivity index (χ2n) is 7.03. The van der Waals surface area contributed by atoms with Crippen LogP contribution in [0, 0.1) is 11.3 Å².